The lowest BCUT2D eigenvalue weighted by Gasteiger charge is -2.05. The molecule has 2 aromatic carbocycles. The van der Waals surface area contributed by atoms with E-state index in [0.29, 0.717) is 0 Å². The number of benzene rings is 2. The standard InChI is InChI=1S/C16H18FN.C2H2O4/c17-16-10-8-15(9-11-16)13-18-12-4-7-14-5-2-1-3-6-14;3-1(4)2(5)6/h1-3,5-6,8-11,18H,4,7,12-13H2;(H,3,4)(H,5,6). The highest BCUT2D eigenvalue weighted by atomic mass is 19.1. The maximum Gasteiger partial charge on any atom is 0.414 e. The minimum absolute atomic E-state index is 0.178. The van der Waals surface area contributed by atoms with Crippen molar-refractivity contribution < 1.29 is 24.2 Å². The Balaban J connectivity index is 0.000000413. The smallest absolute Gasteiger partial charge is 0.414 e. The topological polar surface area (TPSA) is 86.6 Å². The largest absolute Gasteiger partial charge is 0.473 e. The summed E-state index contributed by atoms with van der Waals surface area (Å²) in [6.07, 6.45) is 2.21. The highest BCUT2D eigenvalue weighted by Crippen LogP contribution is 2.03. The van der Waals surface area contributed by atoms with Gasteiger partial charge in [0.15, 0.2) is 0 Å². The van der Waals surface area contributed by atoms with Gasteiger partial charge in [-0.3, -0.25) is 0 Å². The van der Waals surface area contributed by atoms with Crippen molar-refractivity contribution in [1.82, 2.24) is 5.32 Å². The van der Waals surface area contributed by atoms with Crippen molar-refractivity contribution in [2.24, 2.45) is 0 Å². The van der Waals surface area contributed by atoms with Gasteiger partial charge in [0.2, 0.25) is 0 Å². The van der Waals surface area contributed by atoms with Gasteiger partial charge in [0, 0.05) is 6.54 Å². The molecule has 0 heterocycles. The first-order valence-electron chi connectivity index (χ1n) is 7.44. The molecule has 0 amide bonds. The number of aliphatic carboxylic acids is 2. The fraction of sp³-hybridized carbons (Fsp3) is 0.222. The molecule has 0 aliphatic rings. The van der Waals surface area contributed by atoms with E-state index in [-0.39, 0.29) is 5.82 Å². The monoisotopic (exact) mass is 333 g/mol. The summed E-state index contributed by atoms with van der Waals surface area (Å²) in [4.78, 5) is 18.2. The number of rotatable bonds is 6. The van der Waals surface area contributed by atoms with Gasteiger partial charge in [0.25, 0.3) is 0 Å². The summed E-state index contributed by atoms with van der Waals surface area (Å²) < 4.78 is 12.7. The van der Waals surface area contributed by atoms with Crippen LogP contribution in [0.5, 0.6) is 0 Å². The lowest BCUT2D eigenvalue weighted by molar-refractivity contribution is -0.159. The van der Waals surface area contributed by atoms with Crippen LogP contribution in [-0.2, 0) is 22.6 Å². The van der Waals surface area contributed by atoms with Crippen molar-refractivity contribution in [1.29, 1.82) is 0 Å². The van der Waals surface area contributed by atoms with E-state index in [1.807, 2.05) is 18.2 Å². The molecule has 0 aliphatic carbocycles. The predicted molar refractivity (Wildman–Crippen MR) is 88.1 cm³/mol. The van der Waals surface area contributed by atoms with Crippen LogP contribution in [0.25, 0.3) is 0 Å². The summed E-state index contributed by atoms with van der Waals surface area (Å²) in [5, 5.41) is 18.2. The van der Waals surface area contributed by atoms with E-state index >= 15 is 0 Å². The molecular formula is C18H20FNO4. The second-order valence-corrected chi connectivity index (χ2v) is 5.00. The van der Waals surface area contributed by atoms with E-state index in [2.05, 4.69) is 29.6 Å². The summed E-state index contributed by atoms with van der Waals surface area (Å²) in [7, 11) is 0. The maximum atomic E-state index is 12.7. The molecule has 128 valence electrons. The van der Waals surface area contributed by atoms with Crippen molar-refractivity contribution in [3.63, 3.8) is 0 Å². The van der Waals surface area contributed by atoms with Crippen LogP contribution in [0.1, 0.15) is 17.5 Å². The van der Waals surface area contributed by atoms with Crippen LogP contribution in [0.15, 0.2) is 54.6 Å². The Morgan fingerprint density at radius 3 is 2.00 bits per heavy atom. The molecule has 2 aromatic rings. The van der Waals surface area contributed by atoms with Crippen LogP contribution >= 0.6 is 0 Å². The summed E-state index contributed by atoms with van der Waals surface area (Å²) in [5.41, 5.74) is 2.50. The summed E-state index contributed by atoms with van der Waals surface area (Å²) in [6, 6.07) is 17.1. The van der Waals surface area contributed by atoms with E-state index in [9.17, 15) is 4.39 Å². The average Bonchev–Trinajstić information content (AvgIpc) is 2.58. The van der Waals surface area contributed by atoms with Gasteiger partial charge in [0.1, 0.15) is 5.82 Å². The second kappa shape index (κ2) is 10.9. The molecular weight excluding hydrogens is 313 g/mol. The Morgan fingerprint density at radius 1 is 0.875 bits per heavy atom. The number of carboxylic acid groups (broad SMARTS) is 2. The average molecular weight is 333 g/mol. The van der Waals surface area contributed by atoms with Gasteiger partial charge in [-0.15, -0.1) is 0 Å². The zero-order valence-electron chi connectivity index (χ0n) is 13.1. The van der Waals surface area contributed by atoms with E-state index in [4.69, 9.17) is 19.8 Å². The van der Waals surface area contributed by atoms with E-state index in [0.717, 1.165) is 31.5 Å². The normalized spacial score (nSPS) is 9.71. The SMILES string of the molecule is Fc1ccc(CNCCCc2ccccc2)cc1.O=C(O)C(=O)O. The fourth-order valence-corrected chi connectivity index (χ4v) is 1.90. The molecule has 0 aliphatic heterocycles. The maximum absolute atomic E-state index is 12.7. The zero-order chi connectivity index (χ0) is 17.8. The van der Waals surface area contributed by atoms with Crippen LogP contribution in [0, 0.1) is 5.82 Å². The predicted octanol–water partition coefficient (Wildman–Crippen LogP) is 2.70. The highest BCUT2D eigenvalue weighted by molar-refractivity contribution is 6.27. The minimum atomic E-state index is -1.82. The number of carbonyl (C=O) groups is 2. The zero-order valence-corrected chi connectivity index (χ0v) is 13.1. The Bertz CT molecular complexity index is 617. The summed E-state index contributed by atoms with van der Waals surface area (Å²) in [6.45, 7) is 1.78. The van der Waals surface area contributed by atoms with Crippen LogP contribution < -0.4 is 5.32 Å². The quantitative estimate of drug-likeness (QED) is 0.559. The molecule has 3 N–H and O–H groups in total. The number of hydrogen-bond donors (Lipinski definition) is 3. The molecule has 0 fully saturated rings. The lowest BCUT2D eigenvalue weighted by atomic mass is 10.1. The number of carboxylic acids is 2. The molecule has 0 bridgehead atoms. The summed E-state index contributed by atoms with van der Waals surface area (Å²) >= 11 is 0. The molecule has 0 spiro atoms. The molecule has 24 heavy (non-hydrogen) atoms. The first-order valence-corrected chi connectivity index (χ1v) is 7.44. The Hall–Kier alpha value is -2.73. The van der Waals surface area contributed by atoms with Crippen molar-refractivity contribution in [2.75, 3.05) is 6.54 Å². The number of halogens is 1. The van der Waals surface area contributed by atoms with Crippen LogP contribution in [0.2, 0.25) is 0 Å². The number of aryl methyl sites for hydroxylation is 1. The van der Waals surface area contributed by atoms with Gasteiger partial charge in [-0.2, -0.15) is 0 Å². The fourth-order valence-electron chi connectivity index (χ4n) is 1.90. The van der Waals surface area contributed by atoms with E-state index in [1.165, 1.54) is 17.7 Å². The van der Waals surface area contributed by atoms with Crippen LogP contribution in [0.4, 0.5) is 4.39 Å². The third kappa shape index (κ3) is 8.65. The lowest BCUT2D eigenvalue weighted by Crippen LogP contribution is -2.15. The first kappa shape index (κ1) is 19.3. The molecule has 0 saturated carbocycles. The molecule has 0 unspecified atom stereocenters. The molecule has 0 radical (unpaired) electrons. The van der Waals surface area contributed by atoms with Gasteiger partial charge in [-0.1, -0.05) is 42.5 Å². The van der Waals surface area contributed by atoms with Gasteiger partial charge in [-0.05, 0) is 42.6 Å². The van der Waals surface area contributed by atoms with Crippen LogP contribution in [-0.4, -0.2) is 28.7 Å². The van der Waals surface area contributed by atoms with Crippen molar-refractivity contribution in [3.05, 3.63) is 71.5 Å². The highest BCUT2D eigenvalue weighted by Gasteiger charge is 2.04. The van der Waals surface area contributed by atoms with Crippen molar-refractivity contribution >= 4 is 11.9 Å². The van der Waals surface area contributed by atoms with Gasteiger partial charge >= 0.3 is 11.9 Å². The van der Waals surface area contributed by atoms with Crippen LogP contribution in [0.3, 0.4) is 0 Å². The van der Waals surface area contributed by atoms with Crippen molar-refractivity contribution in [2.45, 2.75) is 19.4 Å². The molecule has 6 heteroatoms. The number of hydrogen-bond acceptors (Lipinski definition) is 3. The minimum Gasteiger partial charge on any atom is -0.473 e. The van der Waals surface area contributed by atoms with Gasteiger partial charge in [0.05, 0.1) is 0 Å². The van der Waals surface area contributed by atoms with Gasteiger partial charge < -0.3 is 15.5 Å². The Kier molecular flexibility index (Phi) is 8.78. The molecule has 0 aromatic heterocycles. The molecule has 2 rings (SSSR count). The Labute approximate surface area is 139 Å². The number of nitrogens with one attached hydrogen (secondary N) is 1. The third-order valence-corrected chi connectivity index (χ3v) is 3.09. The third-order valence-electron chi connectivity index (χ3n) is 3.09. The summed E-state index contributed by atoms with van der Waals surface area (Å²) in [5.74, 6) is -3.83. The Morgan fingerprint density at radius 2 is 1.46 bits per heavy atom. The first-order chi connectivity index (χ1) is 11.5. The van der Waals surface area contributed by atoms with E-state index < -0.39 is 11.9 Å². The van der Waals surface area contributed by atoms with Crippen molar-refractivity contribution in [3.8, 4) is 0 Å². The molecule has 0 saturated heterocycles. The van der Waals surface area contributed by atoms with Gasteiger partial charge in [-0.25, -0.2) is 14.0 Å². The molecule has 5 nitrogen and oxygen atoms in total. The second-order valence-electron chi connectivity index (χ2n) is 5.00. The van der Waals surface area contributed by atoms with E-state index in [1.54, 1.807) is 0 Å². The molecule has 0 atom stereocenters.